The van der Waals surface area contributed by atoms with Crippen molar-refractivity contribution >= 4 is 60.7 Å². The van der Waals surface area contributed by atoms with Crippen molar-refractivity contribution in [2.45, 2.75) is 12.5 Å². The Morgan fingerprint density at radius 3 is 2.11 bits per heavy atom. The van der Waals surface area contributed by atoms with Gasteiger partial charge in [-0.15, -0.1) is 0 Å². The van der Waals surface area contributed by atoms with Crippen molar-refractivity contribution in [3.05, 3.63) is 54.1 Å². The van der Waals surface area contributed by atoms with Gasteiger partial charge in [-0.25, -0.2) is 14.0 Å². The standard InChI is InChI=1S/C19H14N4OS3Si/c20-12-17-8-4-9-18(16-6-2-1-3-7-16)19(17)24-10-5-11-28(21-13-25,22-14-26)23-15-27/h1-4,6-9H,5,10-11H2. The van der Waals surface area contributed by atoms with Gasteiger partial charge in [-0.1, -0.05) is 42.5 Å². The smallest absolute Gasteiger partial charge is 0.461 e. The number of nitriles is 1. The van der Waals surface area contributed by atoms with Crippen molar-refractivity contribution < 1.29 is 4.74 Å². The minimum absolute atomic E-state index is 0.333. The first-order valence-corrected chi connectivity index (χ1v) is 11.5. The first-order chi connectivity index (χ1) is 13.7. The average molecular weight is 439 g/mol. The molecule has 2 aromatic rings. The Kier molecular flexibility index (Phi) is 8.70. The summed E-state index contributed by atoms with van der Waals surface area (Å²) >= 11 is 14.1. The minimum atomic E-state index is -2.95. The number of para-hydroxylation sites is 1. The molecular weight excluding hydrogens is 425 g/mol. The molecule has 28 heavy (non-hydrogen) atoms. The molecule has 0 N–H and O–H groups in total. The van der Waals surface area contributed by atoms with Crippen molar-refractivity contribution in [3.63, 3.8) is 0 Å². The lowest BCUT2D eigenvalue weighted by molar-refractivity contribution is 0.317. The summed E-state index contributed by atoms with van der Waals surface area (Å²) in [7, 11) is -2.95. The monoisotopic (exact) mass is 438 g/mol. The summed E-state index contributed by atoms with van der Waals surface area (Å²) in [5, 5.41) is 16.4. The number of rotatable bonds is 9. The number of isothiocyanates is 3. The zero-order valence-electron chi connectivity index (χ0n) is 14.7. The van der Waals surface area contributed by atoms with E-state index in [9.17, 15) is 5.26 Å². The van der Waals surface area contributed by atoms with Crippen LogP contribution in [0.15, 0.2) is 62.5 Å². The molecule has 2 aromatic carbocycles. The van der Waals surface area contributed by atoms with Crippen LogP contribution in [0, 0.1) is 11.3 Å². The highest BCUT2D eigenvalue weighted by Gasteiger charge is 2.34. The van der Waals surface area contributed by atoms with E-state index in [1.807, 2.05) is 42.5 Å². The number of ether oxygens (including phenoxy) is 1. The van der Waals surface area contributed by atoms with Crippen LogP contribution < -0.4 is 4.74 Å². The molecule has 0 aliphatic carbocycles. The van der Waals surface area contributed by atoms with Gasteiger partial charge in [0.05, 0.1) is 27.7 Å². The third-order valence-corrected chi connectivity index (χ3v) is 6.99. The van der Waals surface area contributed by atoms with E-state index in [-0.39, 0.29) is 0 Å². The van der Waals surface area contributed by atoms with Crippen molar-refractivity contribution in [3.8, 4) is 22.9 Å². The van der Waals surface area contributed by atoms with Crippen molar-refractivity contribution in [2.75, 3.05) is 6.61 Å². The Morgan fingerprint density at radius 1 is 0.893 bits per heavy atom. The Balaban J connectivity index is 2.21. The van der Waals surface area contributed by atoms with Crippen LogP contribution in [-0.2, 0) is 0 Å². The van der Waals surface area contributed by atoms with Crippen LogP contribution in [0.5, 0.6) is 5.75 Å². The lowest BCUT2D eigenvalue weighted by atomic mass is 10.0. The number of nitrogens with zero attached hydrogens (tertiary/aromatic N) is 4. The molecule has 138 valence electrons. The molecule has 0 spiro atoms. The van der Waals surface area contributed by atoms with Crippen LogP contribution in [-0.4, -0.2) is 30.6 Å². The SMILES string of the molecule is N#Cc1cccc(-c2ccccc2)c1OCCC[Si](N=C=S)(N=C=S)N=C=S. The van der Waals surface area contributed by atoms with Gasteiger partial charge < -0.3 is 4.74 Å². The molecule has 2 rings (SSSR count). The summed E-state index contributed by atoms with van der Waals surface area (Å²) < 4.78 is 18.2. The molecule has 0 aliphatic heterocycles. The van der Waals surface area contributed by atoms with Crippen LogP contribution in [0.3, 0.4) is 0 Å². The molecule has 0 heterocycles. The molecule has 0 unspecified atom stereocenters. The summed E-state index contributed by atoms with van der Waals surface area (Å²) in [6.45, 7) is 0.333. The van der Waals surface area contributed by atoms with E-state index in [2.05, 4.69) is 35.5 Å². The third-order valence-electron chi connectivity index (χ3n) is 3.80. The van der Waals surface area contributed by atoms with E-state index in [1.54, 1.807) is 6.07 Å². The van der Waals surface area contributed by atoms with E-state index in [4.69, 9.17) is 41.4 Å². The number of hydrogen-bond acceptors (Lipinski definition) is 8. The Bertz CT molecular complexity index is 974. The Morgan fingerprint density at radius 2 is 1.54 bits per heavy atom. The normalized spacial score (nSPS) is 11.5. The number of thiocarbonyl (C=S) groups is 3. The molecule has 0 atom stereocenters. The van der Waals surface area contributed by atoms with Crippen LogP contribution in [0.25, 0.3) is 11.1 Å². The van der Waals surface area contributed by atoms with Gasteiger partial charge in [-0.05, 0) is 54.7 Å². The van der Waals surface area contributed by atoms with Crippen LogP contribution >= 0.6 is 36.7 Å². The maximum atomic E-state index is 9.46. The topological polar surface area (TPSA) is 70.1 Å². The van der Waals surface area contributed by atoms with Crippen molar-refractivity contribution in [2.24, 2.45) is 14.0 Å². The quantitative estimate of drug-likeness (QED) is 0.232. The lowest BCUT2D eigenvalue weighted by Gasteiger charge is -2.15. The van der Waals surface area contributed by atoms with Gasteiger partial charge in [-0.3, -0.25) is 0 Å². The molecular formula is C19H14N4OS3Si. The second-order valence-corrected chi connectivity index (χ2v) is 8.76. The molecule has 0 saturated heterocycles. The van der Waals surface area contributed by atoms with Crippen LogP contribution in [0.4, 0.5) is 0 Å². The number of hydrogen-bond donors (Lipinski definition) is 0. The average Bonchev–Trinajstić information content (AvgIpc) is 2.72. The van der Waals surface area contributed by atoms with Gasteiger partial charge in [0.1, 0.15) is 11.8 Å². The maximum Gasteiger partial charge on any atom is 0.461 e. The van der Waals surface area contributed by atoms with Gasteiger partial charge >= 0.3 is 8.56 Å². The zero-order chi connectivity index (χ0) is 20.2. The Labute approximate surface area is 180 Å². The summed E-state index contributed by atoms with van der Waals surface area (Å²) in [6, 6.07) is 17.9. The predicted molar refractivity (Wildman–Crippen MR) is 122 cm³/mol. The van der Waals surface area contributed by atoms with Gasteiger partial charge in [-0.2, -0.15) is 5.26 Å². The molecule has 9 heteroatoms. The van der Waals surface area contributed by atoms with Crippen LogP contribution in [0.1, 0.15) is 12.0 Å². The largest absolute Gasteiger partial charge is 0.492 e. The second-order valence-electron chi connectivity index (χ2n) is 5.50. The van der Waals surface area contributed by atoms with E-state index < -0.39 is 8.56 Å². The molecule has 0 bridgehead atoms. The minimum Gasteiger partial charge on any atom is -0.492 e. The van der Waals surface area contributed by atoms with Gasteiger partial charge in [0.15, 0.2) is 0 Å². The molecule has 0 aromatic heterocycles. The predicted octanol–water partition coefficient (Wildman–Crippen LogP) is 5.24. The third kappa shape index (κ3) is 5.67. The summed E-state index contributed by atoms with van der Waals surface area (Å²) in [5.41, 5.74) is 2.30. The highest BCUT2D eigenvalue weighted by molar-refractivity contribution is 7.78. The summed E-state index contributed by atoms with van der Waals surface area (Å²) in [6.07, 6.45) is 0.557. The van der Waals surface area contributed by atoms with E-state index >= 15 is 0 Å². The molecule has 0 aliphatic rings. The highest BCUT2D eigenvalue weighted by atomic mass is 32.1. The Hall–Kier alpha value is -2.65. The lowest BCUT2D eigenvalue weighted by Crippen LogP contribution is -2.28. The molecule has 0 fully saturated rings. The van der Waals surface area contributed by atoms with Gasteiger partial charge in [0, 0.05) is 11.6 Å². The van der Waals surface area contributed by atoms with Crippen LogP contribution in [0.2, 0.25) is 6.04 Å². The highest BCUT2D eigenvalue weighted by Crippen LogP contribution is 2.33. The van der Waals surface area contributed by atoms with E-state index in [0.717, 1.165) is 11.1 Å². The zero-order valence-corrected chi connectivity index (χ0v) is 18.1. The van der Waals surface area contributed by atoms with Crippen molar-refractivity contribution in [1.82, 2.24) is 0 Å². The summed E-state index contributed by atoms with van der Waals surface area (Å²) in [5.74, 6) is 0.540. The first-order valence-electron chi connectivity index (χ1n) is 8.18. The fourth-order valence-corrected chi connectivity index (χ4v) is 5.43. The van der Waals surface area contributed by atoms with Gasteiger partial charge in [0.25, 0.3) is 0 Å². The van der Waals surface area contributed by atoms with E-state index in [1.165, 1.54) is 0 Å². The maximum absolute atomic E-state index is 9.46. The molecule has 5 nitrogen and oxygen atoms in total. The molecule has 0 radical (unpaired) electrons. The summed E-state index contributed by atoms with van der Waals surface area (Å²) in [4.78, 5) is 0. The molecule has 0 saturated carbocycles. The van der Waals surface area contributed by atoms with Crippen molar-refractivity contribution in [1.29, 1.82) is 5.26 Å². The van der Waals surface area contributed by atoms with Gasteiger partial charge in [0.2, 0.25) is 0 Å². The first kappa shape index (κ1) is 21.6. The fraction of sp³-hybridized carbons (Fsp3) is 0.158. The second kappa shape index (κ2) is 11.2. The van der Waals surface area contributed by atoms with E-state index in [0.29, 0.717) is 30.4 Å². The molecule has 0 amide bonds. The number of benzene rings is 2. The fourth-order valence-electron chi connectivity index (χ4n) is 2.57.